The van der Waals surface area contributed by atoms with Crippen molar-refractivity contribution in [3.63, 3.8) is 0 Å². The van der Waals surface area contributed by atoms with Gasteiger partial charge in [-0.25, -0.2) is 0 Å². The molecule has 0 spiro atoms. The number of aryl methyl sites for hydroxylation is 1. The van der Waals surface area contributed by atoms with Crippen molar-refractivity contribution in [3.8, 4) is 17.1 Å². The highest BCUT2D eigenvalue weighted by Gasteiger charge is 2.26. The Morgan fingerprint density at radius 2 is 1.91 bits per heavy atom. The van der Waals surface area contributed by atoms with E-state index in [9.17, 15) is 4.79 Å². The molecule has 0 aliphatic carbocycles. The molecule has 1 aliphatic rings. The Balaban J connectivity index is 1.25. The van der Waals surface area contributed by atoms with Crippen molar-refractivity contribution in [1.29, 1.82) is 0 Å². The highest BCUT2D eigenvalue weighted by Crippen LogP contribution is 2.23. The first-order valence-corrected chi connectivity index (χ1v) is 11.8. The van der Waals surface area contributed by atoms with Crippen LogP contribution in [0.5, 0.6) is 5.75 Å². The van der Waals surface area contributed by atoms with Gasteiger partial charge in [-0.1, -0.05) is 22.9 Å². The van der Waals surface area contributed by atoms with Gasteiger partial charge in [-0.3, -0.25) is 4.79 Å². The van der Waals surface area contributed by atoms with Crippen LogP contribution in [0.1, 0.15) is 18.4 Å². The number of nitrogens with zero attached hydrogens (tertiary/aromatic N) is 4. The van der Waals surface area contributed by atoms with Crippen LogP contribution in [0.2, 0.25) is 0 Å². The van der Waals surface area contributed by atoms with Crippen LogP contribution >= 0.6 is 11.8 Å². The molecule has 1 aromatic heterocycles. The first kappa shape index (κ1) is 22.2. The van der Waals surface area contributed by atoms with Gasteiger partial charge >= 0.3 is 0 Å². The van der Waals surface area contributed by atoms with Gasteiger partial charge in [0.1, 0.15) is 5.75 Å². The largest absolute Gasteiger partial charge is 0.497 e. The third-order valence-corrected chi connectivity index (χ3v) is 6.52. The molecule has 1 atom stereocenters. The molecule has 1 aliphatic heterocycles. The third-order valence-electron chi connectivity index (χ3n) is 5.61. The molecule has 0 bridgehead atoms. The lowest BCUT2D eigenvalue weighted by molar-refractivity contribution is -0.129. The second-order valence-electron chi connectivity index (χ2n) is 7.95. The number of anilines is 1. The predicted octanol–water partition coefficient (Wildman–Crippen LogP) is 4.02. The highest BCUT2D eigenvalue weighted by molar-refractivity contribution is 7.99. The molecule has 0 saturated carbocycles. The molecule has 168 valence electrons. The second kappa shape index (κ2) is 10.1. The van der Waals surface area contributed by atoms with Crippen LogP contribution in [0.3, 0.4) is 0 Å². The SMILES string of the molecule is COc1ccc(-c2noc(CSCC(=O)N3CCN(c4ccc(C)cc4)[C@@H](C)C3)n2)cc1. The smallest absolute Gasteiger partial charge is 0.236 e. The van der Waals surface area contributed by atoms with Crippen molar-refractivity contribution in [2.24, 2.45) is 0 Å². The van der Waals surface area contributed by atoms with E-state index in [2.05, 4.69) is 53.2 Å². The van der Waals surface area contributed by atoms with E-state index in [0.29, 0.717) is 23.2 Å². The monoisotopic (exact) mass is 452 g/mol. The van der Waals surface area contributed by atoms with Gasteiger partial charge < -0.3 is 19.1 Å². The van der Waals surface area contributed by atoms with Crippen LogP contribution in [0.4, 0.5) is 5.69 Å². The van der Waals surface area contributed by atoms with E-state index in [0.717, 1.165) is 30.9 Å². The minimum atomic E-state index is 0.153. The average Bonchev–Trinajstić information content (AvgIpc) is 3.28. The Morgan fingerprint density at radius 3 is 2.59 bits per heavy atom. The molecule has 2 heterocycles. The minimum absolute atomic E-state index is 0.153. The number of methoxy groups -OCH3 is 1. The van der Waals surface area contributed by atoms with Gasteiger partial charge in [0.05, 0.1) is 18.6 Å². The maximum atomic E-state index is 12.7. The number of aromatic nitrogens is 2. The van der Waals surface area contributed by atoms with Gasteiger partial charge in [0.15, 0.2) is 0 Å². The first-order chi connectivity index (χ1) is 15.5. The number of amides is 1. The number of carbonyl (C=O) groups excluding carboxylic acids is 1. The van der Waals surface area contributed by atoms with E-state index in [1.54, 1.807) is 7.11 Å². The number of piperazine rings is 1. The normalized spacial score (nSPS) is 16.3. The Labute approximate surface area is 192 Å². The topological polar surface area (TPSA) is 71.7 Å². The number of benzene rings is 2. The maximum absolute atomic E-state index is 12.7. The molecule has 7 nitrogen and oxygen atoms in total. The van der Waals surface area contributed by atoms with E-state index in [1.165, 1.54) is 23.0 Å². The van der Waals surface area contributed by atoms with E-state index < -0.39 is 0 Å². The third kappa shape index (κ3) is 5.24. The van der Waals surface area contributed by atoms with Crippen LogP contribution in [-0.2, 0) is 10.5 Å². The predicted molar refractivity (Wildman–Crippen MR) is 127 cm³/mol. The van der Waals surface area contributed by atoms with Gasteiger partial charge in [-0.2, -0.15) is 4.98 Å². The van der Waals surface area contributed by atoms with Gasteiger partial charge in [0.25, 0.3) is 0 Å². The lowest BCUT2D eigenvalue weighted by Crippen LogP contribution is -2.54. The Kier molecular flexibility index (Phi) is 6.99. The summed E-state index contributed by atoms with van der Waals surface area (Å²) in [5, 5.41) is 4.04. The molecule has 32 heavy (non-hydrogen) atoms. The molecule has 1 saturated heterocycles. The summed E-state index contributed by atoms with van der Waals surface area (Å²) in [6.45, 7) is 6.58. The van der Waals surface area contributed by atoms with Gasteiger partial charge in [-0.15, -0.1) is 11.8 Å². The number of thioether (sulfide) groups is 1. The quantitative estimate of drug-likeness (QED) is 0.536. The van der Waals surface area contributed by atoms with Crippen molar-refractivity contribution in [2.75, 3.05) is 37.4 Å². The molecule has 0 N–H and O–H groups in total. The molecule has 2 aromatic carbocycles. The molecule has 4 rings (SSSR count). The molecule has 0 radical (unpaired) electrons. The average molecular weight is 453 g/mol. The summed E-state index contributed by atoms with van der Waals surface area (Å²) < 4.78 is 10.5. The molecule has 3 aromatic rings. The van der Waals surface area contributed by atoms with Crippen molar-refractivity contribution in [3.05, 3.63) is 60.0 Å². The number of ether oxygens (including phenoxy) is 1. The summed E-state index contributed by atoms with van der Waals surface area (Å²) >= 11 is 1.50. The fourth-order valence-electron chi connectivity index (χ4n) is 3.79. The van der Waals surface area contributed by atoms with Crippen LogP contribution in [0, 0.1) is 6.92 Å². The summed E-state index contributed by atoms with van der Waals surface area (Å²) in [6, 6.07) is 16.4. The molecule has 1 fully saturated rings. The Hall–Kier alpha value is -3.00. The van der Waals surface area contributed by atoms with E-state index in [4.69, 9.17) is 9.26 Å². The zero-order valence-corrected chi connectivity index (χ0v) is 19.5. The standard InChI is InChI=1S/C24H28N4O3S/c1-17-4-8-20(9-5-17)28-13-12-27(14-18(28)2)23(29)16-32-15-22-25-24(26-31-22)19-6-10-21(30-3)11-7-19/h4-11,18H,12-16H2,1-3H3/t18-/m0/s1. The van der Waals surface area contributed by atoms with Crippen LogP contribution in [0.25, 0.3) is 11.4 Å². The van der Waals surface area contributed by atoms with E-state index in [-0.39, 0.29) is 11.9 Å². The lowest BCUT2D eigenvalue weighted by Gasteiger charge is -2.41. The van der Waals surface area contributed by atoms with Crippen LogP contribution in [0.15, 0.2) is 53.1 Å². The van der Waals surface area contributed by atoms with E-state index >= 15 is 0 Å². The first-order valence-electron chi connectivity index (χ1n) is 10.7. The Bertz CT molecular complexity index is 1040. The summed E-state index contributed by atoms with van der Waals surface area (Å²) in [5.74, 6) is 2.90. The van der Waals surface area contributed by atoms with Crippen molar-refractivity contribution < 1.29 is 14.1 Å². The summed E-state index contributed by atoms with van der Waals surface area (Å²) in [5.41, 5.74) is 3.33. The zero-order valence-electron chi connectivity index (χ0n) is 18.7. The van der Waals surface area contributed by atoms with Gasteiger partial charge in [-0.05, 0) is 50.2 Å². The summed E-state index contributed by atoms with van der Waals surface area (Å²) in [7, 11) is 1.63. The maximum Gasteiger partial charge on any atom is 0.236 e. The van der Waals surface area contributed by atoms with Crippen molar-refractivity contribution >= 4 is 23.4 Å². The number of hydrogen-bond acceptors (Lipinski definition) is 7. The van der Waals surface area contributed by atoms with Crippen molar-refractivity contribution in [1.82, 2.24) is 15.0 Å². The number of carbonyl (C=O) groups is 1. The molecular weight excluding hydrogens is 424 g/mol. The number of hydrogen-bond donors (Lipinski definition) is 0. The summed E-state index contributed by atoms with van der Waals surface area (Å²) in [4.78, 5) is 21.5. The molecule has 1 amide bonds. The number of rotatable bonds is 7. The van der Waals surface area contributed by atoms with Crippen LogP contribution in [-0.4, -0.2) is 59.5 Å². The minimum Gasteiger partial charge on any atom is -0.497 e. The Morgan fingerprint density at radius 1 is 1.16 bits per heavy atom. The van der Waals surface area contributed by atoms with Crippen molar-refractivity contribution in [2.45, 2.75) is 25.6 Å². The molecule has 0 unspecified atom stereocenters. The highest BCUT2D eigenvalue weighted by atomic mass is 32.2. The van der Waals surface area contributed by atoms with Gasteiger partial charge in [0.2, 0.25) is 17.6 Å². The fraction of sp³-hybridized carbons (Fsp3) is 0.375. The summed E-state index contributed by atoms with van der Waals surface area (Å²) in [6.07, 6.45) is 0. The second-order valence-corrected chi connectivity index (χ2v) is 8.94. The van der Waals surface area contributed by atoms with Gasteiger partial charge in [0, 0.05) is 36.9 Å². The fourth-order valence-corrected chi connectivity index (χ4v) is 4.54. The van der Waals surface area contributed by atoms with Crippen LogP contribution < -0.4 is 9.64 Å². The molecular formula is C24H28N4O3S. The lowest BCUT2D eigenvalue weighted by atomic mass is 10.1. The molecule has 8 heteroatoms. The zero-order chi connectivity index (χ0) is 22.5. The van der Waals surface area contributed by atoms with E-state index in [1.807, 2.05) is 29.2 Å².